The van der Waals surface area contributed by atoms with E-state index >= 15 is 0 Å². The zero-order valence-corrected chi connectivity index (χ0v) is 36.9. The number of esters is 1. The molecule has 0 aromatic heterocycles. The summed E-state index contributed by atoms with van der Waals surface area (Å²) in [5.74, 6) is 3.21. The number of fused-ring (bicyclic) bond motifs is 7. The molecule has 5 aliphatic carbocycles. The minimum Gasteiger partial charge on any atom is -0.481 e. The van der Waals surface area contributed by atoms with Gasteiger partial charge in [-0.2, -0.15) is 11.8 Å². The smallest absolute Gasteiger partial charge is 0.306 e. The summed E-state index contributed by atoms with van der Waals surface area (Å²) in [4.78, 5) is 27.1. The van der Waals surface area contributed by atoms with Crippen LogP contribution in [-0.2, 0) is 24.2 Å². The number of ether oxygens (including phenoxy) is 1. The maximum atomic E-state index is 13.3. The Morgan fingerprint density at radius 3 is 2.24 bits per heavy atom. The number of hydrogen-bond donors (Lipinski definition) is 2. The molecule has 0 aromatic rings. The van der Waals surface area contributed by atoms with Gasteiger partial charge in [0.2, 0.25) is 0 Å². The summed E-state index contributed by atoms with van der Waals surface area (Å²) >= 11 is 1.87. The number of carbonyl (C=O) groups excluding carboxylic acids is 1. The highest BCUT2D eigenvalue weighted by Crippen LogP contribution is 2.76. The Morgan fingerprint density at radius 1 is 0.926 bits per heavy atom. The molecule has 0 spiro atoms. The maximum absolute atomic E-state index is 13.3. The van der Waals surface area contributed by atoms with Crippen LogP contribution in [0.25, 0.3) is 0 Å². The Labute approximate surface area is 332 Å². The molecule has 0 radical (unpaired) electrons. The van der Waals surface area contributed by atoms with Gasteiger partial charge in [0.15, 0.2) is 9.84 Å². The van der Waals surface area contributed by atoms with Crippen molar-refractivity contribution in [3.63, 3.8) is 0 Å². The van der Waals surface area contributed by atoms with E-state index in [0.717, 1.165) is 31.6 Å². The van der Waals surface area contributed by atoms with E-state index in [1.165, 1.54) is 50.5 Å². The Kier molecular flexibility index (Phi) is 11.8. The minimum absolute atomic E-state index is 0.0482. The summed E-state index contributed by atoms with van der Waals surface area (Å²) in [5, 5.41) is 13.7. The first-order valence-corrected chi connectivity index (χ1v) is 24.5. The van der Waals surface area contributed by atoms with Crippen LogP contribution in [0.2, 0.25) is 0 Å². The molecule has 308 valence electrons. The third-order valence-electron chi connectivity index (χ3n) is 17.5. The monoisotopic (exact) mass is 790 g/mol. The predicted molar refractivity (Wildman–Crippen MR) is 220 cm³/mol. The van der Waals surface area contributed by atoms with E-state index in [4.69, 9.17) is 4.74 Å². The van der Waals surface area contributed by atoms with Crippen LogP contribution in [0.5, 0.6) is 0 Å². The third kappa shape index (κ3) is 7.40. The van der Waals surface area contributed by atoms with Crippen molar-refractivity contribution in [1.82, 2.24) is 10.2 Å². The predicted octanol–water partition coefficient (Wildman–Crippen LogP) is 8.25. The summed E-state index contributed by atoms with van der Waals surface area (Å²) in [5.41, 5.74) is 1.25. The van der Waals surface area contributed by atoms with Crippen molar-refractivity contribution in [2.75, 3.05) is 43.1 Å². The van der Waals surface area contributed by atoms with Crippen LogP contribution in [0.4, 0.5) is 0 Å². The summed E-state index contributed by atoms with van der Waals surface area (Å²) < 4.78 is 30.9. The van der Waals surface area contributed by atoms with Crippen molar-refractivity contribution >= 4 is 33.5 Å². The molecule has 0 aromatic carbocycles. The van der Waals surface area contributed by atoms with Crippen molar-refractivity contribution in [2.24, 2.45) is 56.7 Å². The molecule has 10 heteroatoms. The molecule has 6 aliphatic rings. The first-order valence-electron chi connectivity index (χ1n) is 21.3. The van der Waals surface area contributed by atoms with Crippen LogP contribution in [0.1, 0.15) is 132 Å². The second-order valence-corrected chi connectivity index (χ2v) is 24.5. The van der Waals surface area contributed by atoms with Gasteiger partial charge < -0.3 is 15.2 Å². The number of aliphatic carboxylic acids is 1. The van der Waals surface area contributed by atoms with Gasteiger partial charge in [0.1, 0.15) is 6.10 Å². The highest BCUT2D eigenvalue weighted by Gasteiger charge is 2.71. The lowest BCUT2D eigenvalue weighted by Gasteiger charge is -2.73. The number of nitrogens with zero attached hydrogens (tertiary/aromatic N) is 1. The van der Waals surface area contributed by atoms with Gasteiger partial charge in [-0.15, -0.1) is 0 Å². The van der Waals surface area contributed by atoms with Crippen molar-refractivity contribution in [2.45, 2.75) is 150 Å². The van der Waals surface area contributed by atoms with E-state index in [1.807, 2.05) is 25.6 Å². The average molecular weight is 791 g/mol. The van der Waals surface area contributed by atoms with E-state index in [-0.39, 0.29) is 63.6 Å². The molecule has 11 atom stereocenters. The van der Waals surface area contributed by atoms with Gasteiger partial charge in [0.05, 0.1) is 24.3 Å². The summed E-state index contributed by atoms with van der Waals surface area (Å²) in [6.07, 6.45) is 13.7. The van der Waals surface area contributed by atoms with Gasteiger partial charge in [0.25, 0.3) is 0 Å². The molecule has 6 fully saturated rings. The lowest BCUT2D eigenvalue weighted by Crippen LogP contribution is -2.69. The number of thioether (sulfide) groups is 1. The van der Waals surface area contributed by atoms with Crippen LogP contribution in [-0.4, -0.2) is 91.2 Å². The van der Waals surface area contributed by atoms with Crippen molar-refractivity contribution in [1.29, 1.82) is 0 Å². The quantitative estimate of drug-likeness (QED) is 0.149. The maximum Gasteiger partial charge on any atom is 0.306 e. The highest BCUT2D eigenvalue weighted by atomic mass is 32.2. The fourth-order valence-electron chi connectivity index (χ4n) is 14.6. The van der Waals surface area contributed by atoms with Crippen LogP contribution in [0.3, 0.4) is 0 Å². The van der Waals surface area contributed by atoms with Crippen molar-refractivity contribution in [3.05, 3.63) is 12.2 Å². The number of sulfone groups is 1. The summed E-state index contributed by atoms with van der Waals surface area (Å²) in [7, 11) is -2.92. The number of allylic oxidation sites excluding steroid dienone is 1. The number of carboxylic acid groups (broad SMARTS) is 1. The van der Waals surface area contributed by atoms with Gasteiger partial charge in [-0.25, -0.2) is 8.42 Å². The van der Waals surface area contributed by atoms with Gasteiger partial charge in [0, 0.05) is 42.4 Å². The van der Waals surface area contributed by atoms with Crippen LogP contribution in [0.15, 0.2) is 12.2 Å². The molecule has 0 bridgehead atoms. The molecule has 0 amide bonds. The zero-order chi connectivity index (χ0) is 39.7. The fraction of sp³-hybridized carbons (Fsp3) is 0.909. The first kappa shape index (κ1) is 42.5. The Balaban J connectivity index is 1.21. The van der Waals surface area contributed by atoms with E-state index in [9.17, 15) is 23.1 Å². The van der Waals surface area contributed by atoms with E-state index < -0.39 is 21.2 Å². The number of rotatable bonds is 12. The lowest BCUT2D eigenvalue weighted by atomic mass is 9.32. The fourth-order valence-corrected chi connectivity index (χ4v) is 16.5. The molecule has 1 heterocycles. The van der Waals surface area contributed by atoms with Gasteiger partial charge in [-0.1, -0.05) is 60.6 Å². The number of nitrogens with one attached hydrogen (secondary N) is 1. The highest BCUT2D eigenvalue weighted by molar-refractivity contribution is 7.98. The average Bonchev–Trinajstić information content (AvgIpc) is 3.44. The van der Waals surface area contributed by atoms with E-state index in [2.05, 4.69) is 64.6 Å². The second-order valence-electron chi connectivity index (χ2n) is 21.3. The SMILES string of the molecule is C=C(C)[C@@H]1CC[C@]2(NC[C@H](CSC)N3CCS(=O)(=O)CC3)CC[C@]3(C)[C@H](CC[C@@H]4[C@@]5(C)CC[C@H](OC(=O)CC(C)(C)CC(=O)O)C(C)(C)[C@@H]5CC[C@]43C)[C@@H]12. The van der Waals surface area contributed by atoms with Crippen LogP contribution < -0.4 is 5.32 Å². The third-order valence-corrected chi connectivity index (χ3v) is 19.8. The second kappa shape index (κ2) is 14.9. The first-order chi connectivity index (χ1) is 25.0. The molecule has 54 heavy (non-hydrogen) atoms. The Hall–Kier alpha value is -1.10. The molecular formula is C44H74N2O6S2. The van der Waals surface area contributed by atoms with Gasteiger partial charge >= 0.3 is 11.9 Å². The number of carbonyl (C=O) groups is 2. The largest absolute Gasteiger partial charge is 0.481 e. The van der Waals surface area contributed by atoms with Crippen molar-refractivity contribution in [3.8, 4) is 0 Å². The van der Waals surface area contributed by atoms with E-state index in [0.29, 0.717) is 48.7 Å². The van der Waals surface area contributed by atoms with Crippen LogP contribution in [0, 0.1) is 56.7 Å². The molecule has 2 N–H and O–H groups in total. The summed E-state index contributed by atoms with van der Waals surface area (Å²) in [6.45, 7) is 25.4. The summed E-state index contributed by atoms with van der Waals surface area (Å²) in [6, 6.07) is 0.334. The van der Waals surface area contributed by atoms with Crippen LogP contribution >= 0.6 is 11.8 Å². The topological polar surface area (TPSA) is 113 Å². The minimum atomic E-state index is -2.92. The number of hydrogen-bond acceptors (Lipinski definition) is 8. The van der Waals surface area contributed by atoms with E-state index in [1.54, 1.807) is 0 Å². The molecular weight excluding hydrogens is 717 g/mol. The molecule has 6 rings (SSSR count). The Morgan fingerprint density at radius 2 is 1.61 bits per heavy atom. The van der Waals surface area contributed by atoms with Crippen molar-refractivity contribution < 1.29 is 27.9 Å². The molecule has 1 aliphatic heterocycles. The molecule has 5 saturated carbocycles. The molecule has 8 nitrogen and oxygen atoms in total. The molecule has 0 unspecified atom stereocenters. The van der Waals surface area contributed by atoms with Gasteiger partial charge in [-0.3, -0.25) is 14.5 Å². The Bertz CT molecular complexity index is 1550. The lowest BCUT2D eigenvalue weighted by molar-refractivity contribution is -0.246. The molecule has 1 saturated heterocycles. The zero-order valence-electron chi connectivity index (χ0n) is 35.2. The van der Waals surface area contributed by atoms with Gasteiger partial charge in [-0.05, 0) is 129 Å². The normalized spacial score (nSPS) is 42.1. The standard InChI is InChI=1S/C44H74N2O6S2/c1-29(2)31-13-18-44(45-27-30(28-53-10)46-21-23-54(50,51)24-22-46)20-19-42(8)32(38(31)44)11-12-34-41(7)16-15-35(40(5,6)33(41)14-17-43(34,42)9)52-37(49)26-39(3,4)25-36(47)48/h30-35,38,45H,1,11-28H2,2-10H3,(H,47,48)/t30-,31+,32-,33+,34-,35+,38-,41+,42-,43-,44+/m1/s1. The number of carboxylic acids is 1.